The molecule has 1 saturated carbocycles. The number of methoxy groups -OCH3 is 1. The zero-order chi connectivity index (χ0) is 30.8. The molecule has 0 spiro atoms. The summed E-state index contributed by atoms with van der Waals surface area (Å²) >= 11 is 6.31. The van der Waals surface area contributed by atoms with Gasteiger partial charge in [-0.15, -0.1) is 0 Å². The molecule has 232 valence electrons. The molecule has 1 N–H and O–H groups in total. The van der Waals surface area contributed by atoms with E-state index in [1.807, 2.05) is 37.3 Å². The van der Waals surface area contributed by atoms with Crippen molar-refractivity contribution in [2.24, 2.45) is 17.8 Å². The predicted molar refractivity (Wildman–Crippen MR) is 168 cm³/mol. The lowest BCUT2D eigenvalue weighted by Gasteiger charge is -2.47. The minimum Gasteiger partial charge on any atom is -0.487 e. The Morgan fingerprint density at radius 3 is 2.65 bits per heavy atom. The lowest BCUT2D eigenvalue weighted by atomic mass is 9.64. The summed E-state index contributed by atoms with van der Waals surface area (Å²) in [4.78, 5) is 28.2. The number of sulfonamides is 1. The fourth-order valence-electron chi connectivity index (χ4n) is 6.51. The van der Waals surface area contributed by atoms with Gasteiger partial charge in [0.05, 0.1) is 10.9 Å². The van der Waals surface area contributed by atoms with Gasteiger partial charge in [0.15, 0.2) is 6.29 Å². The second kappa shape index (κ2) is 13.0. The van der Waals surface area contributed by atoms with E-state index in [-0.39, 0.29) is 23.3 Å². The molecule has 2 aromatic carbocycles. The highest BCUT2D eigenvalue weighted by Crippen LogP contribution is 2.45. The molecule has 2 aliphatic heterocycles. The molecule has 8 nitrogen and oxygen atoms in total. The van der Waals surface area contributed by atoms with Gasteiger partial charge in [0, 0.05) is 36.7 Å². The molecule has 1 amide bonds. The number of nitrogens with zero attached hydrogens (tertiary/aromatic N) is 1. The molecule has 3 aliphatic rings. The van der Waals surface area contributed by atoms with E-state index < -0.39 is 26.8 Å². The molecular formula is C33H41ClN2O6S. The molecular weight excluding hydrogens is 588 g/mol. The van der Waals surface area contributed by atoms with Gasteiger partial charge in [-0.25, -0.2) is 13.1 Å². The summed E-state index contributed by atoms with van der Waals surface area (Å²) in [6, 6.07) is 10.9. The number of aldehydes is 1. The first-order chi connectivity index (χ1) is 20.6. The monoisotopic (exact) mass is 628 g/mol. The predicted octanol–water partition coefficient (Wildman–Crippen LogP) is 5.72. The maximum atomic E-state index is 13.3. The third-order valence-corrected chi connectivity index (χ3v) is 11.8. The number of hydrogen-bond donors (Lipinski definition) is 1. The number of ether oxygens (including phenoxy) is 2. The Bertz CT molecular complexity index is 1490. The van der Waals surface area contributed by atoms with Crippen LogP contribution in [0.15, 0.2) is 48.6 Å². The SMILES string of the molecule is CO[C@]1(C=O)/C=C/C[C@H](C)[C@@H](C)S(=O)(=O)NC(=O)c2ccc3c(c2)N(CCCCc2cc(Cl)ccc2CO3)CC2CC[C@H]21. The van der Waals surface area contributed by atoms with E-state index in [9.17, 15) is 18.0 Å². The van der Waals surface area contributed by atoms with E-state index in [2.05, 4.69) is 9.62 Å². The molecule has 5 rings (SSSR count). The third kappa shape index (κ3) is 6.64. The van der Waals surface area contributed by atoms with Crippen LogP contribution in [0.1, 0.15) is 67.4 Å². The fourth-order valence-corrected chi connectivity index (χ4v) is 7.99. The number of amides is 1. The molecule has 1 aliphatic carbocycles. The first-order valence-electron chi connectivity index (χ1n) is 15.1. The first-order valence-corrected chi connectivity index (χ1v) is 17.0. The third-order valence-electron chi connectivity index (χ3n) is 9.64. The van der Waals surface area contributed by atoms with Crippen LogP contribution in [0.5, 0.6) is 5.75 Å². The van der Waals surface area contributed by atoms with Crippen molar-refractivity contribution in [3.05, 3.63) is 70.3 Å². The maximum Gasteiger partial charge on any atom is 0.264 e. The van der Waals surface area contributed by atoms with Gasteiger partial charge in [-0.2, -0.15) is 0 Å². The van der Waals surface area contributed by atoms with Gasteiger partial charge in [-0.05, 0) is 105 Å². The van der Waals surface area contributed by atoms with Crippen molar-refractivity contribution in [2.75, 3.05) is 25.1 Å². The number of allylic oxidation sites excluding steroid dienone is 1. The topological polar surface area (TPSA) is 102 Å². The van der Waals surface area contributed by atoms with Gasteiger partial charge in [-0.1, -0.05) is 30.7 Å². The summed E-state index contributed by atoms with van der Waals surface area (Å²) in [7, 11) is -2.41. The Hall–Kier alpha value is -2.88. The van der Waals surface area contributed by atoms with E-state index in [4.69, 9.17) is 21.1 Å². The molecule has 2 bridgehead atoms. The van der Waals surface area contributed by atoms with Crippen molar-refractivity contribution < 1.29 is 27.5 Å². The number of anilines is 1. The van der Waals surface area contributed by atoms with Crippen LogP contribution in [-0.4, -0.2) is 51.7 Å². The highest BCUT2D eigenvalue weighted by atomic mass is 35.5. The molecule has 5 atom stereocenters. The van der Waals surface area contributed by atoms with Gasteiger partial charge in [-0.3, -0.25) is 9.59 Å². The largest absolute Gasteiger partial charge is 0.487 e. The molecule has 0 saturated heterocycles. The molecule has 43 heavy (non-hydrogen) atoms. The Morgan fingerprint density at radius 2 is 1.93 bits per heavy atom. The minimum atomic E-state index is -3.97. The summed E-state index contributed by atoms with van der Waals surface area (Å²) in [5.41, 5.74) is 2.09. The molecule has 1 fully saturated rings. The van der Waals surface area contributed by atoms with Crippen LogP contribution in [-0.2, 0) is 32.6 Å². The summed E-state index contributed by atoms with van der Waals surface area (Å²) in [5.74, 6) is -0.224. The summed E-state index contributed by atoms with van der Waals surface area (Å²) in [6.07, 6.45) is 9.43. The van der Waals surface area contributed by atoms with Crippen LogP contribution < -0.4 is 14.4 Å². The van der Waals surface area contributed by atoms with Crippen molar-refractivity contribution in [3.8, 4) is 5.75 Å². The number of carbonyl (C=O) groups is 2. The first kappa shape index (κ1) is 31.5. The number of carbonyl (C=O) groups excluding carboxylic acids is 2. The lowest BCUT2D eigenvalue weighted by Crippen LogP contribution is -2.52. The Morgan fingerprint density at radius 1 is 1.12 bits per heavy atom. The van der Waals surface area contributed by atoms with Gasteiger partial charge in [0.2, 0.25) is 10.0 Å². The Kier molecular flexibility index (Phi) is 9.54. The number of benzene rings is 2. The molecule has 10 heteroatoms. The van der Waals surface area contributed by atoms with Gasteiger partial charge in [0.25, 0.3) is 5.91 Å². The highest BCUT2D eigenvalue weighted by Gasteiger charge is 2.47. The minimum absolute atomic E-state index is 0.0314. The molecule has 2 aromatic rings. The quantitative estimate of drug-likeness (QED) is 0.335. The average molecular weight is 629 g/mol. The van der Waals surface area contributed by atoms with E-state index in [1.165, 1.54) is 0 Å². The highest BCUT2D eigenvalue weighted by molar-refractivity contribution is 7.90. The van der Waals surface area contributed by atoms with Crippen molar-refractivity contribution in [1.29, 1.82) is 0 Å². The van der Waals surface area contributed by atoms with Crippen molar-refractivity contribution in [2.45, 2.75) is 69.8 Å². The maximum absolute atomic E-state index is 13.3. The van der Waals surface area contributed by atoms with Crippen LogP contribution >= 0.6 is 11.6 Å². The zero-order valence-electron chi connectivity index (χ0n) is 25.1. The summed E-state index contributed by atoms with van der Waals surface area (Å²) < 4.78 is 41.1. The van der Waals surface area contributed by atoms with E-state index in [1.54, 1.807) is 32.2 Å². The van der Waals surface area contributed by atoms with E-state index in [0.717, 1.165) is 55.2 Å². The number of rotatable bonds is 2. The van der Waals surface area contributed by atoms with Crippen LogP contribution in [0.3, 0.4) is 0 Å². The second-order valence-corrected chi connectivity index (χ2v) is 14.7. The van der Waals surface area contributed by atoms with E-state index >= 15 is 0 Å². The van der Waals surface area contributed by atoms with Crippen LogP contribution in [0.4, 0.5) is 5.69 Å². The van der Waals surface area contributed by atoms with Gasteiger partial charge < -0.3 is 14.4 Å². The van der Waals surface area contributed by atoms with Crippen molar-refractivity contribution in [3.63, 3.8) is 0 Å². The zero-order valence-corrected chi connectivity index (χ0v) is 26.6. The average Bonchev–Trinajstić information content (AvgIpc) is 3.00. The fraction of sp³-hybridized carbons (Fsp3) is 0.515. The van der Waals surface area contributed by atoms with Crippen LogP contribution in [0, 0.1) is 17.8 Å². The number of nitrogens with one attached hydrogen (secondary N) is 1. The lowest BCUT2D eigenvalue weighted by molar-refractivity contribution is -0.135. The number of fused-ring (bicyclic) bond motifs is 3. The second-order valence-electron chi connectivity index (χ2n) is 12.2. The van der Waals surface area contributed by atoms with Crippen LogP contribution in [0.2, 0.25) is 5.02 Å². The Labute approximate surface area is 259 Å². The summed E-state index contributed by atoms with van der Waals surface area (Å²) in [6.45, 7) is 5.09. The molecule has 0 aromatic heterocycles. The standard InChI is InChI=1S/C33H41ClN2O6S/c1-22-7-6-15-33(21-37,41-3)29-13-10-26(29)19-36-16-5-4-8-24-17-28(34)12-9-27(24)20-42-31-14-11-25(18-30(31)36)32(38)35-43(39,40)23(22)2/h6,9,11-12,14-15,17-18,21-23,26,29H,4-5,7-8,10,13,16,19-20H2,1-3H3,(H,35,38)/b15-6+/t22-,23+,26?,29+,33-/m0/s1. The van der Waals surface area contributed by atoms with Gasteiger partial charge in [0.1, 0.15) is 18.0 Å². The Balaban J connectivity index is 1.58. The molecule has 1 unspecified atom stereocenters. The molecule has 2 heterocycles. The van der Waals surface area contributed by atoms with E-state index in [0.29, 0.717) is 36.9 Å². The summed E-state index contributed by atoms with van der Waals surface area (Å²) in [5, 5.41) is -0.150. The van der Waals surface area contributed by atoms with Crippen molar-refractivity contribution in [1.82, 2.24) is 4.72 Å². The number of halogens is 1. The van der Waals surface area contributed by atoms with Gasteiger partial charge >= 0.3 is 0 Å². The number of aryl methyl sites for hydroxylation is 1. The van der Waals surface area contributed by atoms with Crippen LogP contribution in [0.25, 0.3) is 0 Å². The molecule has 0 radical (unpaired) electrons. The normalized spacial score (nSPS) is 30.2. The number of hydrogen-bond acceptors (Lipinski definition) is 7. The smallest absolute Gasteiger partial charge is 0.264 e. The van der Waals surface area contributed by atoms with Crippen molar-refractivity contribution >= 4 is 39.5 Å².